The molecule has 0 saturated carbocycles. The van der Waals surface area contributed by atoms with Crippen LogP contribution in [0.15, 0.2) is 70.7 Å². The van der Waals surface area contributed by atoms with Gasteiger partial charge in [-0.2, -0.15) is 0 Å². The molecule has 2 heterocycles. The van der Waals surface area contributed by atoms with E-state index in [0.29, 0.717) is 21.9 Å². The lowest BCUT2D eigenvalue weighted by Gasteiger charge is -2.26. The predicted octanol–water partition coefficient (Wildman–Crippen LogP) is 4.44. The Kier molecular flexibility index (Phi) is 6.10. The maximum atomic E-state index is 13.0. The van der Waals surface area contributed by atoms with Crippen molar-refractivity contribution in [1.29, 1.82) is 0 Å². The molecule has 1 fully saturated rings. The lowest BCUT2D eigenvalue weighted by Crippen LogP contribution is -2.54. The van der Waals surface area contributed by atoms with Gasteiger partial charge in [0.05, 0.1) is 17.9 Å². The molecule has 0 spiro atoms. The SMILES string of the molecule is CCOC(=O)c1ccccc1-c1ccc(C=C2C(=O)NC(=O)N(c3cccc(Cl)c3)C2=O)o1. The highest BCUT2D eigenvalue weighted by atomic mass is 35.5. The van der Waals surface area contributed by atoms with E-state index in [1.54, 1.807) is 55.5 Å². The number of anilines is 1. The van der Waals surface area contributed by atoms with E-state index < -0.39 is 23.8 Å². The van der Waals surface area contributed by atoms with Crippen LogP contribution in [0.3, 0.4) is 0 Å². The molecule has 1 N–H and O–H groups in total. The molecule has 1 aromatic heterocycles. The van der Waals surface area contributed by atoms with Crippen LogP contribution in [-0.2, 0) is 14.3 Å². The molecule has 166 valence electrons. The number of halogens is 1. The first-order valence-corrected chi connectivity index (χ1v) is 10.3. The fourth-order valence-electron chi connectivity index (χ4n) is 3.31. The van der Waals surface area contributed by atoms with Gasteiger partial charge in [-0.3, -0.25) is 14.9 Å². The van der Waals surface area contributed by atoms with E-state index in [4.69, 9.17) is 20.8 Å². The number of nitrogens with one attached hydrogen (secondary N) is 1. The van der Waals surface area contributed by atoms with E-state index in [2.05, 4.69) is 5.32 Å². The summed E-state index contributed by atoms with van der Waals surface area (Å²) in [7, 11) is 0. The molecule has 0 atom stereocenters. The normalized spacial score (nSPS) is 15.0. The molecular formula is C24H17ClN2O6. The van der Waals surface area contributed by atoms with E-state index in [1.807, 2.05) is 0 Å². The Hall–Kier alpha value is -4.17. The van der Waals surface area contributed by atoms with E-state index in [1.165, 1.54) is 18.2 Å². The average Bonchev–Trinajstić information content (AvgIpc) is 3.25. The maximum absolute atomic E-state index is 13.0. The highest BCUT2D eigenvalue weighted by Crippen LogP contribution is 2.29. The second-order valence-corrected chi connectivity index (χ2v) is 7.34. The molecule has 8 nitrogen and oxygen atoms in total. The zero-order valence-electron chi connectivity index (χ0n) is 17.3. The van der Waals surface area contributed by atoms with Crippen molar-refractivity contribution >= 4 is 47.2 Å². The minimum atomic E-state index is -0.882. The Balaban J connectivity index is 1.68. The monoisotopic (exact) mass is 464 g/mol. The highest BCUT2D eigenvalue weighted by molar-refractivity contribution is 6.39. The van der Waals surface area contributed by atoms with Crippen molar-refractivity contribution in [2.24, 2.45) is 0 Å². The maximum Gasteiger partial charge on any atom is 0.338 e. The Bertz CT molecular complexity index is 1310. The van der Waals surface area contributed by atoms with E-state index in [-0.39, 0.29) is 23.6 Å². The molecule has 0 radical (unpaired) electrons. The van der Waals surface area contributed by atoms with Crippen molar-refractivity contribution in [3.8, 4) is 11.3 Å². The number of urea groups is 1. The van der Waals surface area contributed by atoms with E-state index in [9.17, 15) is 19.2 Å². The summed E-state index contributed by atoms with van der Waals surface area (Å²) < 4.78 is 10.9. The number of rotatable bonds is 5. The quantitative estimate of drug-likeness (QED) is 0.340. The summed E-state index contributed by atoms with van der Waals surface area (Å²) in [6.45, 7) is 1.93. The molecule has 0 unspecified atom stereocenters. The van der Waals surface area contributed by atoms with Crippen molar-refractivity contribution in [2.45, 2.75) is 6.92 Å². The summed E-state index contributed by atoms with van der Waals surface area (Å²) in [6, 6.07) is 15.2. The van der Waals surface area contributed by atoms with Gasteiger partial charge in [0.2, 0.25) is 0 Å². The van der Waals surface area contributed by atoms with Crippen LogP contribution >= 0.6 is 11.6 Å². The third kappa shape index (κ3) is 4.42. The summed E-state index contributed by atoms with van der Waals surface area (Å²) >= 11 is 5.97. The highest BCUT2D eigenvalue weighted by Gasteiger charge is 2.37. The fourth-order valence-corrected chi connectivity index (χ4v) is 3.49. The third-order valence-electron chi connectivity index (χ3n) is 4.77. The van der Waals surface area contributed by atoms with Crippen LogP contribution in [0, 0.1) is 0 Å². The first-order chi connectivity index (χ1) is 15.9. The Labute approximate surface area is 193 Å². The van der Waals surface area contributed by atoms with Crippen molar-refractivity contribution in [2.75, 3.05) is 11.5 Å². The smallest absolute Gasteiger partial charge is 0.338 e. The van der Waals surface area contributed by atoms with Crippen LogP contribution in [0.2, 0.25) is 5.02 Å². The second kappa shape index (κ2) is 9.13. The summed E-state index contributed by atoms with van der Waals surface area (Å²) in [4.78, 5) is 50.7. The number of amides is 4. The number of benzene rings is 2. The first kappa shape index (κ1) is 22.0. The van der Waals surface area contributed by atoms with Crippen molar-refractivity contribution < 1.29 is 28.3 Å². The lowest BCUT2D eigenvalue weighted by molar-refractivity contribution is -0.122. The number of hydrogen-bond donors (Lipinski definition) is 1. The van der Waals surface area contributed by atoms with Crippen LogP contribution < -0.4 is 10.2 Å². The number of imide groups is 2. The molecule has 1 saturated heterocycles. The minimum absolute atomic E-state index is 0.183. The van der Waals surface area contributed by atoms with Gasteiger partial charge in [-0.05, 0) is 49.4 Å². The lowest BCUT2D eigenvalue weighted by atomic mass is 10.1. The van der Waals surface area contributed by atoms with Gasteiger partial charge in [0.25, 0.3) is 11.8 Å². The molecule has 3 aromatic rings. The van der Waals surface area contributed by atoms with Gasteiger partial charge >= 0.3 is 12.0 Å². The zero-order chi connectivity index (χ0) is 23.5. The molecule has 4 rings (SSSR count). The minimum Gasteiger partial charge on any atom is -0.462 e. The number of barbiturate groups is 1. The molecule has 0 aliphatic carbocycles. The van der Waals surface area contributed by atoms with Crippen LogP contribution in [0.25, 0.3) is 17.4 Å². The molecular weight excluding hydrogens is 448 g/mol. The van der Waals surface area contributed by atoms with Crippen LogP contribution in [-0.4, -0.2) is 30.4 Å². The number of hydrogen-bond acceptors (Lipinski definition) is 6. The van der Waals surface area contributed by atoms with Gasteiger partial charge in [0.1, 0.15) is 17.1 Å². The zero-order valence-corrected chi connectivity index (χ0v) is 18.1. The van der Waals surface area contributed by atoms with Gasteiger partial charge in [0, 0.05) is 10.6 Å². The predicted molar refractivity (Wildman–Crippen MR) is 121 cm³/mol. The molecule has 1 aliphatic heterocycles. The topological polar surface area (TPSA) is 106 Å². The average molecular weight is 465 g/mol. The molecule has 1 aliphatic rings. The summed E-state index contributed by atoms with van der Waals surface area (Å²) in [5, 5.41) is 2.46. The second-order valence-electron chi connectivity index (χ2n) is 6.91. The van der Waals surface area contributed by atoms with Gasteiger partial charge in [-0.15, -0.1) is 0 Å². The van der Waals surface area contributed by atoms with Gasteiger partial charge in [0.15, 0.2) is 0 Å². The summed E-state index contributed by atoms with van der Waals surface area (Å²) in [6.07, 6.45) is 1.23. The van der Waals surface area contributed by atoms with Gasteiger partial charge in [-0.1, -0.05) is 35.9 Å². The van der Waals surface area contributed by atoms with Crippen LogP contribution in [0.5, 0.6) is 0 Å². The fraction of sp³-hybridized carbons (Fsp3) is 0.0833. The van der Waals surface area contributed by atoms with E-state index >= 15 is 0 Å². The van der Waals surface area contributed by atoms with Crippen LogP contribution in [0.4, 0.5) is 10.5 Å². The number of carbonyl (C=O) groups is 4. The van der Waals surface area contributed by atoms with Crippen molar-refractivity contribution in [1.82, 2.24) is 5.32 Å². The number of carbonyl (C=O) groups excluding carboxylic acids is 4. The van der Waals surface area contributed by atoms with Crippen molar-refractivity contribution in [3.05, 3.63) is 82.6 Å². The third-order valence-corrected chi connectivity index (χ3v) is 5.00. The largest absolute Gasteiger partial charge is 0.462 e. The van der Waals surface area contributed by atoms with Gasteiger partial charge in [-0.25, -0.2) is 14.5 Å². The molecule has 33 heavy (non-hydrogen) atoms. The molecule has 0 bridgehead atoms. The van der Waals surface area contributed by atoms with Gasteiger partial charge < -0.3 is 9.15 Å². The first-order valence-electron chi connectivity index (χ1n) is 9.92. The number of nitrogens with zero attached hydrogens (tertiary/aromatic N) is 1. The molecule has 4 amide bonds. The number of furan rings is 1. The van der Waals surface area contributed by atoms with E-state index in [0.717, 1.165) is 4.90 Å². The Morgan fingerprint density at radius 2 is 1.88 bits per heavy atom. The van der Waals surface area contributed by atoms with Crippen LogP contribution in [0.1, 0.15) is 23.0 Å². The number of ether oxygens (including phenoxy) is 1. The van der Waals surface area contributed by atoms with Crippen molar-refractivity contribution in [3.63, 3.8) is 0 Å². The number of esters is 1. The summed E-state index contributed by atoms with van der Waals surface area (Å²) in [5.74, 6) is -1.65. The summed E-state index contributed by atoms with van der Waals surface area (Å²) in [5.41, 5.74) is 0.730. The molecule has 9 heteroatoms. The Morgan fingerprint density at radius 1 is 1.09 bits per heavy atom. The Morgan fingerprint density at radius 3 is 2.64 bits per heavy atom. The molecule has 2 aromatic carbocycles. The standard InChI is InChI=1S/C24H17ClN2O6/c1-2-32-23(30)18-9-4-3-8-17(18)20-11-10-16(33-20)13-19-21(28)26-24(31)27(22(19)29)15-7-5-6-14(25)12-15/h3-13H,2H2,1H3,(H,26,28,31).